The Balaban J connectivity index is 2.42. The van der Waals surface area contributed by atoms with Gasteiger partial charge in [0.15, 0.2) is 0 Å². The zero-order valence-electron chi connectivity index (χ0n) is 14.2. The van der Waals surface area contributed by atoms with Crippen LogP contribution in [0, 0.1) is 0 Å². The van der Waals surface area contributed by atoms with E-state index >= 15 is 0 Å². The van der Waals surface area contributed by atoms with Crippen molar-refractivity contribution in [3.63, 3.8) is 0 Å². The molecule has 1 aromatic carbocycles. The second-order valence-corrected chi connectivity index (χ2v) is 5.99. The summed E-state index contributed by atoms with van der Waals surface area (Å²) in [7, 11) is 0. The third-order valence-corrected chi connectivity index (χ3v) is 4.51. The maximum Gasteiger partial charge on any atom is 0.251 e. The number of carbonyl (C=O) groups is 1. The number of amides is 1. The number of nitrogens with zero attached hydrogens (tertiary/aromatic N) is 2. The van der Waals surface area contributed by atoms with Gasteiger partial charge in [0.1, 0.15) is 11.6 Å². The molecule has 0 aromatic heterocycles. The lowest BCUT2D eigenvalue weighted by molar-refractivity contribution is -0.141. The van der Waals surface area contributed by atoms with Gasteiger partial charge in [-0.25, -0.2) is 4.99 Å². The van der Waals surface area contributed by atoms with E-state index in [2.05, 4.69) is 24.0 Å². The van der Waals surface area contributed by atoms with E-state index in [4.69, 9.17) is 4.74 Å². The van der Waals surface area contributed by atoms with E-state index in [0.717, 1.165) is 5.56 Å². The van der Waals surface area contributed by atoms with Gasteiger partial charge in [-0.15, -0.1) is 0 Å². The molecule has 1 amide bonds. The zero-order chi connectivity index (χ0) is 16.3. The Morgan fingerprint density at radius 1 is 1.32 bits per heavy atom. The fourth-order valence-electron chi connectivity index (χ4n) is 2.89. The molecule has 0 spiro atoms. The molecule has 0 fully saturated rings. The first-order valence-electron chi connectivity index (χ1n) is 8.04. The Morgan fingerprint density at radius 2 is 1.95 bits per heavy atom. The van der Waals surface area contributed by atoms with Gasteiger partial charge >= 0.3 is 0 Å². The van der Waals surface area contributed by atoms with Gasteiger partial charge in [-0.05, 0) is 39.7 Å². The zero-order valence-corrected chi connectivity index (χ0v) is 14.2. The van der Waals surface area contributed by atoms with Crippen LogP contribution in [0.1, 0.15) is 52.6 Å². The molecule has 22 heavy (non-hydrogen) atoms. The van der Waals surface area contributed by atoms with E-state index in [1.54, 1.807) is 0 Å². The van der Waals surface area contributed by atoms with Crippen LogP contribution in [0.25, 0.3) is 0 Å². The standard InChI is InChI=1S/C18H26N2O2/c1-6-18(5)17(21)20(14(4)16(19-18)22-7-2)13(3)15-11-9-8-10-12-15/h8-14H,6-7H2,1-5H3/t13-,14-,18-/m1/s1. The van der Waals surface area contributed by atoms with Crippen molar-refractivity contribution >= 4 is 11.8 Å². The van der Waals surface area contributed by atoms with Crippen LogP contribution in [0.2, 0.25) is 0 Å². The number of hydrogen-bond acceptors (Lipinski definition) is 3. The van der Waals surface area contributed by atoms with E-state index < -0.39 is 5.54 Å². The molecule has 0 aliphatic carbocycles. The predicted molar refractivity (Wildman–Crippen MR) is 88.9 cm³/mol. The Hall–Kier alpha value is -1.84. The molecule has 0 unspecified atom stereocenters. The molecule has 4 heteroatoms. The average molecular weight is 302 g/mol. The number of hydrogen-bond donors (Lipinski definition) is 0. The summed E-state index contributed by atoms with van der Waals surface area (Å²) < 4.78 is 5.71. The van der Waals surface area contributed by atoms with Crippen LogP contribution in [0.15, 0.2) is 35.3 Å². The monoisotopic (exact) mass is 302 g/mol. The molecule has 0 saturated carbocycles. The SMILES string of the molecule is CCOC1=N[C@](C)(CC)C(=O)N([C@H](C)c2ccccc2)[C@@H]1C. The van der Waals surface area contributed by atoms with Gasteiger partial charge in [0.25, 0.3) is 5.91 Å². The van der Waals surface area contributed by atoms with E-state index in [-0.39, 0.29) is 18.0 Å². The summed E-state index contributed by atoms with van der Waals surface area (Å²) in [4.78, 5) is 19.5. The molecule has 3 atom stereocenters. The van der Waals surface area contributed by atoms with E-state index in [1.165, 1.54) is 0 Å². The Labute approximate surface area is 133 Å². The maximum atomic E-state index is 13.0. The minimum atomic E-state index is -0.736. The largest absolute Gasteiger partial charge is 0.480 e. The summed E-state index contributed by atoms with van der Waals surface area (Å²) in [6.45, 7) is 10.4. The summed E-state index contributed by atoms with van der Waals surface area (Å²) >= 11 is 0. The molecule has 2 rings (SSSR count). The van der Waals surface area contributed by atoms with Crippen molar-refractivity contribution in [3.8, 4) is 0 Å². The summed E-state index contributed by atoms with van der Waals surface area (Å²) in [6.07, 6.45) is 0.660. The molecule has 0 radical (unpaired) electrons. The quantitative estimate of drug-likeness (QED) is 0.853. The number of ether oxygens (including phenoxy) is 1. The second kappa shape index (κ2) is 6.51. The van der Waals surface area contributed by atoms with Crippen molar-refractivity contribution < 1.29 is 9.53 Å². The van der Waals surface area contributed by atoms with Crippen molar-refractivity contribution in [2.45, 2.75) is 58.7 Å². The molecule has 4 nitrogen and oxygen atoms in total. The first-order valence-corrected chi connectivity index (χ1v) is 8.04. The molecule has 0 bridgehead atoms. The normalized spacial score (nSPS) is 26.6. The maximum absolute atomic E-state index is 13.0. The molecular formula is C18H26N2O2. The van der Waals surface area contributed by atoms with Crippen LogP contribution in [-0.2, 0) is 9.53 Å². The van der Waals surface area contributed by atoms with Crippen LogP contribution >= 0.6 is 0 Å². The van der Waals surface area contributed by atoms with Crippen LogP contribution in [-0.4, -0.2) is 34.9 Å². The number of rotatable bonds is 4. The van der Waals surface area contributed by atoms with Gasteiger partial charge in [-0.3, -0.25) is 4.79 Å². The van der Waals surface area contributed by atoms with Crippen molar-refractivity contribution in [2.75, 3.05) is 6.61 Å². The lowest BCUT2D eigenvalue weighted by Gasteiger charge is -2.43. The highest BCUT2D eigenvalue weighted by Crippen LogP contribution is 2.33. The van der Waals surface area contributed by atoms with Crippen molar-refractivity contribution in [3.05, 3.63) is 35.9 Å². The highest BCUT2D eigenvalue weighted by Gasteiger charge is 2.45. The molecule has 0 N–H and O–H groups in total. The summed E-state index contributed by atoms with van der Waals surface area (Å²) in [5, 5.41) is 0. The molecule has 120 valence electrons. The van der Waals surface area contributed by atoms with Crippen LogP contribution in [0.5, 0.6) is 0 Å². The molecule has 1 heterocycles. The van der Waals surface area contributed by atoms with E-state index in [9.17, 15) is 4.79 Å². The van der Waals surface area contributed by atoms with Crippen molar-refractivity contribution in [1.82, 2.24) is 4.90 Å². The minimum Gasteiger partial charge on any atom is -0.480 e. The fourth-order valence-corrected chi connectivity index (χ4v) is 2.89. The molecule has 1 aliphatic rings. The lowest BCUT2D eigenvalue weighted by Crippen LogP contribution is -2.57. The lowest BCUT2D eigenvalue weighted by atomic mass is 9.92. The molecule has 0 saturated heterocycles. The Kier molecular flexibility index (Phi) is 4.89. The first kappa shape index (κ1) is 16.5. The smallest absolute Gasteiger partial charge is 0.251 e. The topological polar surface area (TPSA) is 41.9 Å². The Morgan fingerprint density at radius 3 is 2.50 bits per heavy atom. The second-order valence-electron chi connectivity index (χ2n) is 5.99. The van der Waals surface area contributed by atoms with Gasteiger partial charge in [0.05, 0.1) is 12.6 Å². The van der Waals surface area contributed by atoms with E-state index in [1.807, 2.05) is 50.8 Å². The summed E-state index contributed by atoms with van der Waals surface area (Å²) in [6, 6.07) is 9.94. The van der Waals surface area contributed by atoms with Gasteiger partial charge in [0, 0.05) is 0 Å². The predicted octanol–water partition coefficient (Wildman–Crippen LogP) is 3.58. The van der Waals surface area contributed by atoms with Gasteiger partial charge in [0.2, 0.25) is 5.90 Å². The number of aliphatic imine (C=N–C) groups is 1. The summed E-state index contributed by atoms with van der Waals surface area (Å²) in [5.41, 5.74) is 0.388. The minimum absolute atomic E-state index is 0.0134. The van der Waals surface area contributed by atoms with Crippen molar-refractivity contribution in [2.24, 2.45) is 4.99 Å². The molecule has 1 aromatic rings. The van der Waals surface area contributed by atoms with E-state index in [0.29, 0.717) is 18.9 Å². The highest BCUT2D eigenvalue weighted by atomic mass is 16.5. The first-order chi connectivity index (χ1) is 10.4. The molecular weight excluding hydrogens is 276 g/mol. The van der Waals surface area contributed by atoms with Crippen LogP contribution in [0.3, 0.4) is 0 Å². The third kappa shape index (κ3) is 2.87. The van der Waals surface area contributed by atoms with Crippen molar-refractivity contribution in [1.29, 1.82) is 0 Å². The highest BCUT2D eigenvalue weighted by molar-refractivity contribution is 5.98. The number of benzene rings is 1. The van der Waals surface area contributed by atoms with Gasteiger partial charge < -0.3 is 9.64 Å². The summed E-state index contributed by atoms with van der Waals surface area (Å²) in [5.74, 6) is 0.733. The van der Waals surface area contributed by atoms with Gasteiger partial charge in [-0.2, -0.15) is 0 Å². The third-order valence-electron chi connectivity index (χ3n) is 4.51. The van der Waals surface area contributed by atoms with Crippen LogP contribution < -0.4 is 0 Å². The Bertz CT molecular complexity index is 555. The average Bonchev–Trinajstić information content (AvgIpc) is 2.53. The van der Waals surface area contributed by atoms with Gasteiger partial charge in [-0.1, -0.05) is 37.3 Å². The fraction of sp³-hybridized carbons (Fsp3) is 0.556. The number of carbonyl (C=O) groups excluding carboxylic acids is 1. The van der Waals surface area contributed by atoms with Crippen LogP contribution in [0.4, 0.5) is 0 Å². The molecule has 1 aliphatic heterocycles.